The Morgan fingerprint density at radius 3 is 2.21 bits per heavy atom. The lowest BCUT2D eigenvalue weighted by molar-refractivity contribution is -0.141. The smallest absolute Gasteiger partial charge is 0.381 e. The van der Waals surface area contributed by atoms with Gasteiger partial charge in [-0.05, 0) is 61.4 Å². The summed E-state index contributed by atoms with van der Waals surface area (Å²) in [5.74, 6) is -0.0371. The second-order valence-electron chi connectivity index (χ2n) is 7.59. The third kappa shape index (κ3) is 3.78. The molecule has 2 aliphatic heterocycles. The van der Waals surface area contributed by atoms with Crippen LogP contribution in [0.15, 0.2) is 36.5 Å². The molecular weight excluding hydrogens is 371 g/mol. The monoisotopic (exact) mass is 393 g/mol. The highest BCUT2D eigenvalue weighted by atomic mass is 19.4. The Labute approximate surface area is 161 Å². The molecule has 28 heavy (non-hydrogen) atoms. The quantitative estimate of drug-likeness (QED) is 0.777. The van der Waals surface area contributed by atoms with E-state index in [2.05, 4.69) is 5.10 Å². The number of piperidine rings is 1. The van der Waals surface area contributed by atoms with Crippen LogP contribution in [0.2, 0.25) is 0 Å². The van der Waals surface area contributed by atoms with Gasteiger partial charge < -0.3 is 9.64 Å². The number of ether oxygens (including phenoxy) is 1. The van der Waals surface area contributed by atoms with Crippen LogP contribution < -0.4 is 0 Å². The van der Waals surface area contributed by atoms with Crippen LogP contribution in [0.4, 0.5) is 13.2 Å². The SMILES string of the molecule is O=C(c1ccc(-n2ccc(C(F)(F)F)n2)cc1)N1CCC2(CCOCC2)CC1. The first kappa shape index (κ1) is 19.0. The van der Waals surface area contributed by atoms with Crippen LogP contribution in [0, 0.1) is 5.41 Å². The zero-order chi connectivity index (χ0) is 19.8. The maximum atomic E-state index is 12.8. The molecule has 1 aromatic heterocycles. The number of hydrogen-bond donors (Lipinski definition) is 0. The summed E-state index contributed by atoms with van der Waals surface area (Å²) in [6.45, 7) is 3.07. The molecular formula is C20H22F3N3O2. The summed E-state index contributed by atoms with van der Waals surface area (Å²) < 4.78 is 44.7. The van der Waals surface area contributed by atoms with E-state index in [-0.39, 0.29) is 5.91 Å². The van der Waals surface area contributed by atoms with Crippen molar-refractivity contribution in [1.82, 2.24) is 14.7 Å². The Bertz CT molecular complexity index is 829. The Hall–Kier alpha value is -2.35. The van der Waals surface area contributed by atoms with Crippen molar-refractivity contribution >= 4 is 5.91 Å². The molecule has 3 heterocycles. The molecule has 0 unspecified atom stereocenters. The largest absolute Gasteiger partial charge is 0.435 e. The van der Waals surface area contributed by atoms with Crippen molar-refractivity contribution in [2.45, 2.75) is 31.9 Å². The van der Waals surface area contributed by atoms with Crippen molar-refractivity contribution in [3.63, 3.8) is 0 Å². The van der Waals surface area contributed by atoms with Crippen LogP contribution >= 0.6 is 0 Å². The lowest BCUT2D eigenvalue weighted by Crippen LogP contribution is -2.45. The highest BCUT2D eigenvalue weighted by molar-refractivity contribution is 5.94. The molecule has 2 saturated heterocycles. The molecule has 0 atom stereocenters. The molecule has 4 rings (SSSR count). The van der Waals surface area contributed by atoms with Crippen LogP contribution in [0.1, 0.15) is 41.7 Å². The van der Waals surface area contributed by atoms with Crippen molar-refractivity contribution < 1.29 is 22.7 Å². The second kappa shape index (κ2) is 7.24. The molecule has 0 bridgehead atoms. The molecule has 0 N–H and O–H groups in total. The zero-order valence-electron chi connectivity index (χ0n) is 15.4. The normalized spacial score (nSPS) is 19.8. The lowest BCUT2D eigenvalue weighted by atomic mass is 9.72. The van der Waals surface area contributed by atoms with Crippen LogP contribution in [0.3, 0.4) is 0 Å². The van der Waals surface area contributed by atoms with E-state index in [0.717, 1.165) is 62.7 Å². The van der Waals surface area contributed by atoms with Crippen molar-refractivity contribution in [3.8, 4) is 5.69 Å². The molecule has 8 heteroatoms. The number of nitrogens with zero attached hydrogens (tertiary/aromatic N) is 3. The molecule has 150 valence electrons. The number of halogens is 3. The van der Waals surface area contributed by atoms with E-state index in [1.165, 1.54) is 6.20 Å². The minimum Gasteiger partial charge on any atom is -0.381 e. The second-order valence-corrected chi connectivity index (χ2v) is 7.59. The van der Waals surface area contributed by atoms with E-state index in [1.54, 1.807) is 24.3 Å². The standard InChI is InChI=1S/C20H22F3N3O2/c21-20(22,23)17-5-10-26(24-17)16-3-1-15(2-4-16)18(27)25-11-6-19(7-12-25)8-13-28-14-9-19/h1-5,10H,6-9,11-14H2. The molecule has 0 saturated carbocycles. The summed E-state index contributed by atoms with van der Waals surface area (Å²) in [7, 11) is 0. The first-order valence-electron chi connectivity index (χ1n) is 9.47. The van der Waals surface area contributed by atoms with Crippen LogP contribution in [-0.2, 0) is 10.9 Å². The molecule has 1 amide bonds. The predicted octanol–water partition coefficient (Wildman–Crippen LogP) is 3.92. The highest BCUT2D eigenvalue weighted by Gasteiger charge is 2.37. The van der Waals surface area contributed by atoms with Gasteiger partial charge in [-0.1, -0.05) is 0 Å². The molecule has 2 aliphatic rings. The van der Waals surface area contributed by atoms with Gasteiger partial charge >= 0.3 is 6.18 Å². The van der Waals surface area contributed by atoms with Gasteiger partial charge in [0.25, 0.3) is 5.91 Å². The summed E-state index contributed by atoms with van der Waals surface area (Å²) in [6, 6.07) is 7.45. The van der Waals surface area contributed by atoms with Crippen LogP contribution in [0.5, 0.6) is 0 Å². The number of rotatable bonds is 2. The first-order chi connectivity index (χ1) is 13.4. The topological polar surface area (TPSA) is 47.4 Å². The Morgan fingerprint density at radius 2 is 1.64 bits per heavy atom. The van der Waals surface area contributed by atoms with Gasteiger partial charge in [-0.15, -0.1) is 0 Å². The maximum Gasteiger partial charge on any atom is 0.435 e. The molecule has 5 nitrogen and oxygen atoms in total. The minimum atomic E-state index is -4.47. The third-order valence-corrected chi connectivity index (χ3v) is 5.92. The number of benzene rings is 1. The zero-order valence-corrected chi connectivity index (χ0v) is 15.4. The van der Waals surface area contributed by atoms with Crippen LogP contribution in [0.25, 0.3) is 5.69 Å². The number of carbonyl (C=O) groups excluding carboxylic acids is 1. The van der Waals surface area contributed by atoms with Gasteiger partial charge in [0.05, 0.1) is 5.69 Å². The molecule has 1 aromatic carbocycles. The molecule has 0 radical (unpaired) electrons. The lowest BCUT2D eigenvalue weighted by Gasteiger charge is -2.44. The number of likely N-dealkylation sites (tertiary alicyclic amines) is 1. The van der Waals surface area contributed by atoms with Gasteiger partial charge in [-0.25, -0.2) is 4.68 Å². The first-order valence-corrected chi connectivity index (χ1v) is 9.47. The Balaban J connectivity index is 1.41. The van der Waals surface area contributed by atoms with Crippen molar-refractivity contribution in [2.75, 3.05) is 26.3 Å². The summed E-state index contributed by atoms with van der Waals surface area (Å²) in [4.78, 5) is 14.7. The van der Waals surface area contributed by atoms with Gasteiger partial charge in [0.15, 0.2) is 5.69 Å². The number of aromatic nitrogens is 2. The maximum absolute atomic E-state index is 12.8. The van der Waals surface area contributed by atoms with Crippen molar-refractivity contribution in [3.05, 3.63) is 47.8 Å². The van der Waals surface area contributed by atoms with E-state index in [0.29, 0.717) is 16.7 Å². The average Bonchev–Trinajstić information content (AvgIpc) is 3.20. The summed E-state index contributed by atoms with van der Waals surface area (Å²) >= 11 is 0. The van der Waals surface area contributed by atoms with E-state index in [4.69, 9.17) is 4.74 Å². The molecule has 1 spiro atoms. The van der Waals surface area contributed by atoms with Crippen LogP contribution in [-0.4, -0.2) is 46.9 Å². The van der Waals surface area contributed by atoms with E-state index in [9.17, 15) is 18.0 Å². The fraction of sp³-hybridized carbons (Fsp3) is 0.500. The van der Waals surface area contributed by atoms with Gasteiger partial charge in [0.2, 0.25) is 0 Å². The van der Waals surface area contributed by atoms with E-state index < -0.39 is 11.9 Å². The average molecular weight is 393 g/mol. The number of amides is 1. The number of alkyl halides is 3. The minimum absolute atomic E-state index is 0.0371. The molecule has 2 aromatic rings. The fourth-order valence-corrected chi connectivity index (χ4v) is 4.05. The molecule has 2 fully saturated rings. The third-order valence-electron chi connectivity index (χ3n) is 5.92. The highest BCUT2D eigenvalue weighted by Crippen LogP contribution is 2.40. The number of hydrogen-bond acceptors (Lipinski definition) is 3. The fourth-order valence-electron chi connectivity index (χ4n) is 4.05. The van der Waals surface area contributed by atoms with E-state index >= 15 is 0 Å². The van der Waals surface area contributed by atoms with Gasteiger partial charge in [0.1, 0.15) is 0 Å². The van der Waals surface area contributed by atoms with Crippen molar-refractivity contribution in [1.29, 1.82) is 0 Å². The Kier molecular flexibility index (Phi) is 4.91. The Morgan fingerprint density at radius 1 is 1.00 bits per heavy atom. The van der Waals surface area contributed by atoms with Gasteiger partial charge in [-0.2, -0.15) is 18.3 Å². The summed E-state index contributed by atoms with van der Waals surface area (Å²) in [6.07, 6.45) is 0.900. The summed E-state index contributed by atoms with van der Waals surface area (Å²) in [5, 5.41) is 3.55. The van der Waals surface area contributed by atoms with E-state index in [1.807, 2.05) is 4.90 Å². The molecule has 0 aliphatic carbocycles. The number of carbonyl (C=O) groups is 1. The summed E-state index contributed by atoms with van der Waals surface area (Å²) in [5.41, 5.74) is 0.388. The van der Waals surface area contributed by atoms with Gasteiger partial charge in [-0.3, -0.25) is 4.79 Å². The van der Waals surface area contributed by atoms with Crippen molar-refractivity contribution in [2.24, 2.45) is 5.41 Å². The van der Waals surface area contributed by atoms with Gasteiger partial charge in [0, 0.05) is 38.1 Å². The predicted molar refractivity (Wildman–Crippen MR) is 96.2 cm³/mol.